The lowest BCUT2D eigenvalue weighted by Gasteiger charge is -1.99. The van der Waals surface area contributed by atoms with E-state index in [1.807, 2.05) is 31.2 Å². The maximum atomic E-state index is 12.2. The van der Waals surface area contributed by atoms with Crippen LogP contribution in [0, 0.1) is 6.92 Å². The van der Waals surface area contributed by atoms with Crippen molar-refractivity contribution in [1.82, 2.24) is 25.1 Å². The molecule has 0 unspecified atom stereocenters. The van der Waals surface area contributed by atoms with E-state index in [4.69, 9.17) is 4.52 Å². The zero-order chi connectivity index (χ0) is 18.7. The number of nitrogens with one attached hydrogen (secondary N) is 2. The van der Waals surface area contributed by atoms with Gasteiger partial charge >= 0.3 is 0 Å². The highest BCUT2D eigenvalue weighted by Crippen LogP contribution is 2.20. The normalized spacial score (nSPS) is 11.5. The van der Waals surface area contributed by atoms with Crippen LogP contribution in [0.25, 0.3) is 11.4 Å². The molecule has 2 N–H and O–H groups in total. The van der Waals surface area contributed by atoms with Crippen LogP contribution >= 0.6 is 11.3 Å². The van der Waals surface area contributed by atoms with Gasteiger partial charge in [-0.05, 0) is 13.0 Å². The summed E-state index contributed by atoms with van der Waals surface area (Å²) in [6.07, 6.45) is 0. The van der Waals surface area contributed by atoms with Crippen molar-refractivity contribution >= 4 is 32.4 Å². The van der Waals surface area contributed by atoms with Crippen molar-refractivity contribution in [2.45, 2.75) is 24.7 Å². The van der Waals surface area contributed by atoms with Crippen LogP contribution in [0.1, 0.15) is 18.4 Å². The number of anilines is 1. The molecular weight excluding hydrogens is 380 g/mol. The number of amides is 1. The molecule has 3 rings (SSSR count). The fourth-order valence-electron chi connectivity index (χ4n) is 1.97. The van der Waals surface area contributed by atoms with E-state index < -0.39 is 10.0 Å². The highest BCUT2D eigenvalue weighted by Gasteiger charge is 2.21. The van der Waals surface area contributed by atoms with E-state index in [1.165, 1.54) is 6.92 Å². The van der Waals surface area contributed by atoms with Crippen LogP contribution in [0.15, 0.2) is 33.1 Å². The van der Waals surface area contributed by atoms with Crippen LogP contribution in [0.4, 0.5) is 5.13 Å². The Balaban J connectivity index is 1.68. The summed E-state index contributed by atoms with van der Waals surface area (Å²) in [7, 11) is -3.92. The van der Waals surface area contributed by atoms with Crippen molar-refractivity contribution in [3.8, 4) is 11.4 Å². The van der Waals surface area contributed by atoms with E-state index in [1.54, 1.807) is 0 Å². The number of benzene rings is 1. The maximum Gasteiger partial charge on any atom is 0.270 e. The molecule has 0 bridgehead atoms. The van der Waals surface area contributed by atoms with Crippen molar-refractivity contribution in [1.29, 1.82) is 0 Å². The van der Waals surface area contributed by atoms with Crippen molar-refractivity contribution in [2.24, 2.45) is 0 Å². The molecule has 0 radical (unpaired) electrons. The number of aromatic nitrogens is 4. The number of hydrogen-bond donors (Lipinski definition) is 2. The van der Waals surface area contributed by atoms with Gasteiger partial charge in [0.1, 0.15) is 0 Å². The van der Waals surface area contributed by atoms with Crippen molar-refractivity contribution < 1.29 is 17.7 Å². The van der Waals surface area contributed by atoms with E-state index in [9.17, 15) is 13.2 Å². The highest BCUT2D eigenvalue weighted by atomic mass is 32.2. The summed E-state index contributed by atoms with van der Waals surface area (Å²) in [5, 5.41) is 13.5. The number of carbonyl (C=O) groups is 1. The molecule has 12 heteroatoms. The van der Waals surface area contributed by atoms with Crippen LogP contribution in [-0.2, 0) is 21.4 Å². The summed E-state index contributed by atoms with van der Waals surface area (Å²) in [5.74, 6) is 0.107. The zero-order valence-corrected chi connectivity index (χ0v) is 15.4. The standard InChI is InChI=1S/C14H14N6O4S2/c1-8-4-3-5-10(6-8)12-17-11(24-20-12)7-15-26(22,23)14-19-18-13(25-14)16-9(2)21/h3-6,15H,7H2,1-2H3,(H,16,18,21). The summed E-state index contributed by atoms with van der Waals surface area (Å²) < 4.78 is 31.5. The van der Waals surface area contributed by atoms with Gasteiger partial charge in [0.25, 0.3) is 10.0 Å². The Hall–Kier alpha value is -2.70. The molecule has 1 amide bonds. The molecule has 3 aromatic rings. The van der Waals surface area contributed by atoms with Crippen molar-refractivity contribution in [3.05, 3.63) is 35.7 Å². The Bertz CT molecular complexity index is 1040. The SMILES string of the molecule is CC(=O)Nc1nnc(S(=O)(=O)NCc2nc(-c3cccc(C)c3)no2)s1. The van der Waals surface area contributed by atoms with Crippen LogP contribution in [0.5, 0.6) is 0 Å². The second-order valence-corrected chi connectivity index (χ2v) is 8.18. The maximum absolute atomic E-state index is 12.2. The minimum absolute atomic E-state index is 0.0948. The molecule has 0 aliphatic rings. The largest absolute Gasteiger partial charge is 0.338 e. The minimum Gasteiger partial charge on any atom is -0.338 e. The lowest BCUT2D eigenvalue weighted by molar-refractivity contribution is -0.114. The Morgan fingerprint density at radius 3 is 2.85 bits per heavy atom. The van der Waals surface area contributed by atoms with Crippen LogP contribution in [0.3, 0.4) is 0 Å². The van der Waals surface area contributed by atoms with Gasteiger partial charge in [-0.3, -0.25) is 4.79 Å². The van der Waals surface area contributed by atoms with Gasteiger partial charge in [0.05, 0.1) is 6.54 Å². The Morgan fingerprint density at radius 2 is 2.12 bits per heavy atom. The molecule has 0 aliphatic carbocycles. The second-order valence-electron chi connectivity index (χ2n) is 5.26. The molecule has 0 fully saturated rings. The topological polar surface area (TPSA) is 140 Å². The van der Waals surface area contributed by atoms with Crippen molar-refractivity contribution in [3.63, 3.8) is 0 Å². The highest BCUT2D eigenvalue weighted by molar-refractivity contribution is 7.91. The number of sulfonamides is 1. The second kappa shape index (κ2) is 7.27. The third-order valence-electron chi connectivity index (χ3n) is 3.08. The first kappa shape index (κ1) is 18.1. The monoisotopic (exact) mass is 394 g/mol. The fourth-order valence-corrected chi connectivity index (χ4v) is 3.93. The molecule has 0 saturated carbocycles. The molecule has 0 atom stereocenters. The first-order valence-corrected chi connectivity index (χ1v) is 9.64. The number of carbonyl (C=O) groups excluding carboxylic acids is 1. The quantitative estimate of drug-likeness (QED) is 0.597. The average molecular weight is 394 g/mol. The van der Waals surface area contributed by atoms with E-state index in [0.717, 1.165) is 22.5 Å². The first-order valence-electron chi connectivity index (χ1n) is 7.34. The van der Waals surface area contributed by atoms with Gasteiger partial charge in [0.15, 0.2) is 0 Å². The predicted molar refractivity (Wildman–Crippen MR) is 92.7 cm³/mol. The fraction of sp³-hybridized carbons (Fsp3) is 0.214. The molecule has 26 heavy (non-hydrogen) atoms. The summed E-state index contributed by atoms with van der Waals surface area (Å²) in [6, 6.07) is 7.53. The van der Waals surface area contributed by atoms with E-state index in [0.29, 0.717) is 5.82 Å². The minimum atomic E-state index is -3.92. The molecule has 1 aromatic carbocycles. The van der Waals surface area contributed by atoms with Gasteiger partial charge in [-0.25, -0.2) is 8.42 Å². The van der Waals surface area contributed by atoms with Gasteiger partial charge in [-0.2, -0.15) is 9.71 Å². The molecule has 2 aromatic heterocycles. The molecule has 2 heterocycles. The zero-order valence-electron chi connectivity index (χ0n) is 13.8. The number of aryl methyl sites for hydroxylation is 1. The summed E-state index contributed by atoms with van der Waals surface area (Å²) >= 11 is 0.736. The predicted octanol–water partition coefficient (Wildman–Crippen LogP) is 1.33. The van der Waals surface area contributed by atoms with Gasteiger partial charge < -0.3 is 9.84 Å². The van der Waals surface area contributed by atoms with Crippen LogP contribution in [0.2, 0.25) is 0 Å². The van der Waals surface area contributed by atoms with E-state index in [-0.39, 0.29) is 27.8 Å². The summed E-state index contributed by atoms with van der Waals surface area (Å²) in [5.41, 5.74) is 1.81. The van der Waals surface area contributed by atoms with Gasteiger partial charge in [0.2, 0.25) is 27.1 Å². The lowest BCUT2D eigenvalue weighted by Crippen LogP contribution is -2.23. The summed E-state index contributed by atoms with van der Waals surface area (Å²) in [6.45, 7) is 3.03. The Labute approximate surface area is 152 Å². The number of rotatable bonds is 6. The average Bonchev–Trinajstić information content (AvgIpc) is 3.22. The molecule has 10 nitrogen and oxygen atoms in total. The molecule has 0 aliphatic heterocycles. The van der Waals surface area contributed by atoms with Gasteiger partial charge in [-0.1, -0.05) is 40.3 Å². The molecular formula is C14H14N6O4S2. The third kappa shape index (κ3) is 4.28. The van der Waals surface area contributed by atoms with Gasteiger partial charge in [-0.15, -0.1) is 10.2 Å². The summed E-state index contributed by atoms with van der Waals surface area (Å²) in [4.78, 5) is 15.1. The molecule has 136 valence electrons. The number of nitrogens with zero attached hydrogens (tertiary/aromatic N) is 4. The molecule has 0 spiro atoms. The van der Waals surface area contributed by atoms with Crippen LogP contribution < -0.4 is 10.0 Å². The first-order chi connectivity index (χ1) is 12.3. The van der Waals surface area contributed by atoms with Crippen molar-refractivity contribution in [2.75, 3.05) is 5.32 Å². The lowest BCUT2D eigenvalue weighted by atomic mass is 10.1. The van der Waals surface area contributed by atoms with E-state index >= 15 is 0 Å². The third-order valence-corrected chi connectivity index (χ3v) is 5.68. The van der Waals surface area contributed by atoms with Gasteiger partial charge in [0, 0.05) is 12.5 Å². The molecule has 0 saturated heterocycles. The van der Waals surface area contributed by atoms with E-state index in [2.05, 4.69) is 30.4 Å². The Kier molecular flexibility index (Phi) is 5.06. The number of hydrogen-bond acceptors (Lipinski definition) is 9. The van der Waals surface area contributed by atoms with Crippen LogP contribution in [-0.4, -0.2) is 34.7 Å². The smallest absolute Gasteiger partial charge is 0.270 e. The Morgan fingerprint density at radius 1 is 1.31 bits per heavy atom.